The van der Waals surface area contributed by atoms with Crippen molar-refractivity contribution in [2.24, 2.45) is 5.14 Å². The third-order valence-electron chi connectivity index (χ3n) is 3.26. The van der Waals surface area contributed by atoms with E-state index in [4.69, 9.17) is 5.14 Å². The van der Waals surface area contributed by atoms with Crippen LogP contribution >= 0.6 is 0 Å². The number of H-pyrrole nitrogens is 1. The number of ether oxygens (including phenoxy) is 1. The van der Waals surface area contributed by atoms with E-state index in [1.165, 1.54) is 12.1 Å². The van der Waals surface area contributed by atoms with Crippen molar-refractivity contribution in [3.63, 3.8) is 0 Å². The number of hydrogen-bond donors (Lipinski definition) is 2. The highest BCUT2D eigenvalue weighted by Crippen LogP contribution is 2.30. The monoisotopic (exact) mass is 375 g/mol. The molecule has 0 unspecified atom stereocenters. The summed E-state index contributed by atoms with van der Waals surface area (Å²) in [4.78, 5) is 6.50. The average Bonchev–Trinajstić information content (AvgIpc) is 2.88. The number of alkyl halides is 3. The molecule has 0 aliphatic heterocycles. The second kappa shape index (κ2) is 5.70. The Morgan fingerprint density at radius 1 is 1.16 bits per heavy atom. The minimum atomic E-state index is -4.93. The molecular formula is C14H9F4N3O3S. The summed E-state index contributed by atoms with van der Waals surface area (Å²) in [6.07, 6.45) is -3.78. The molecule has 132 valence electrons. The van der Waals surface area contributed by atoms with Crippen molar-refractivity contribution in [1.29, 1.82) is 0 Å². The van der Waals surface area contributed by atoms with E-state index in [1.807, 2.05) is 0 Å². The summed E-state index contributed by atoms with van der Waals surface area (Å²) in [5.41, 5.74) is 0.145. The van der Waals surface area contributed by atoms with Gasteiger partial charge in [-0.2, -0.15) is 0 Å². The van der Waals surface area contributed by atoms with Crippen molar-refractivity contribution in [2.45, 2.75) is 11.3 Å². The summed E-state index contributed by atoms with van der Waals surface area (Å²) < 4.78 is 77.0. The molecule has 0 fully saturated rings. The highest BCUT2D eigenvalue weighted by Gasteiger charge is 2.31. The Labute approximate surface area is 138 Å². The van der Waals surface area contributed by atoms with Crippen molar-refractivity contribution < 1.29 is 30.7 Å². The zero-order chi connectivity index (χ0) is 18.4. The molecule has 0 aliphatic carbocycles. The van der Waals surface area contributed by atoms with Crippen LogP contribution in [0.4, 0.5) is 17.6 Å². The number of primary sulfonamides is 1. The van der Waals surface area contributed by atoms with Gasteiger partial charge in [0, 0.05) is 23.2 Å². The minimum Gasteiger partial charge on any atom is -0.406 e. The first-order chi connectivity index (χ1) is 11.5. The molecule has 1 aromatic carbocycles. The molecule has 0 radical (unpaired) electrons. The van der Waals surface area contributed by atoms with Crippen LogP contribution in [0.1, 0.15) is 0 Å². The maximum atomic E-state index is 14.1. The van der Waals surface area contributed by atoms with E-state index >= 15 is 0 Å². The van der Waals surface area contributed by atoms with Crippen LogP contribution in [0.2, 0.25) is 0 Å². The molecular weight excluding hydrogens is 366 g/mol. The molecule has 0 saturated carbocycles. The molecule has 2 aromatic heterocycles. The van der Waals surface area contributed by atoms with Crippen molar-refractivity contribution in [3.05, 3.63) is 42.3 Å². The largest absolute Gasteiger partial charge is 0.573 e. The first kappa shape index (κ1) is 17.2. The van der Waals surface area contributed by atoms with Crippen molar-refractivity contribution in [3.8, 4) is 17.0 Å². The van der Waals surface area contributed by atoms with Crippen LogP contribution < -0.4 is 9.88 Å². The van der Waals surface area contributed by atoms with Gasteiger partial charge in [0.2, 0.25) is 10.0 Å². The predicted octanol–water partition coefficient (Wildman–Crippen LogP) is 2.92. The number of aromatic amines is 1. The Balaban J connectivity index is 2.02. The lowest BCUT2D eigenvalue weighted by atomic mass is 10.1. The molecule has 3 N–H and O–H groups in total. The Morgan fingerprint density at radius 3 is 2.48 bits per heavy atom. The van der Waals surface area contributed by atoms with Gasteiger partial charge < -0.3 is 9.72 Å². The van der Waals surface area contributed by atoms with Crippen molar-refractivity contribution in [1.82, 2.24) is 9.97 Å². The summed E-state index contributed by atoms with van der Waals surface area (Å²) >= 11 is 0. The van der Waals surface area contributed by atoms with Crippen molar-refractivity contribution in [2.75, 3.05) is 0 Å². The fourth-order valence-corrected chi connectivity index (χ4v) is 2.96. The van der Waals surface area contributed by atoms with Gasteiger partial charge in [-0.3, -0.25) is 0 Å². The van der Waals surface area contributed by atoms with Gasteiger partial charge in [-0.25, -0.2) is 22.9 Å². The van der Waals surface area contributed by atoms with Gasteiger partial charge in [0.1, 0.15) is 22.1 Å². The number of benzene rings is 1. The third kappa shape index (κ3) is 3.56. The Morgan fingerprint density at radius 2 is 1.88 bits per heavy atom. The van der Waals surface area contributed by atoms with Crippen LogP contribution in [0.3, 0.4) is 0 Å². The highest BCUT2D eigenvalue weighted by molar-refractivity contribution is 7.89. The maximum Gasteiger partial charge on any atom is 0.573 e. The van der Waals surface area contributed by atoms with E-state index in [2.05, 4.69) is 14.7 Å². The quantitative estimate of drug-likeness (QED) is 0.688. The van der Waals surface area contributed by atoms with E-state index in [0.717, 1.165) is 18.3 Å². The Bertz CT molecular complexity index is 1060. The van der Waals surface area contributed by atoms with Crippen LogP contribution in [0.15, 0.2) is 41.4 Å². The number of halogens is 4. The van der Waals surface area contributed by atoms with Gasteiger partial charge in [0.25, 0.3) is 0 Å². The van der Waals surface area contributed by atoms with E-state index in [-0.39, 0.29) is 27.2 Å². The van der Waals surface area contributed by atoms with Gasteiger partial charge >= 0.3 is 6.36 Å². The lowest BCUT2D eigenvalue weighted by Gasteiger charge is -2.10. The number of rotatable bonds is 3. The Kier molecular flexibility index (Phi) is 3.92. The fraction of sp³-hybridized carbons (Fsp3) is 0.0714. The number of aromatic nitrogens is 2. The normalized spacial score (nSPS) is 12.5. The van der Waals surface area contributed by atoms with Crippen LogP contribution in [0.5, 0.6) is 5.75 Å². The minimum absolute atomic E-state index is 0.0804. The van der Waals surface area contributed by atoms with Gasteiger partial charge in [-0.15, -0.1) is 13.2 Å². The Hall–Kier alpha value is -2.66. The smallest absolute Gasteiger partial charge is 0.406 e. The molecule has 6 nitrogen and oxygen atoms in total. The van der Waals surface area contributed by atoms with Gasteiger partial charge in [-0.05, 0) is 24.3 Å². The van der Waals surface area contributed by atoms with E-state index in [9.17, 15) is 26.0 Å². The summed E-state index contributed by atoms with van der Waals surface area (Å²) in [5.74, 6) is -1.68. The molecule has 3 aromatic rings. The molecule has 0 spiro atoms. The summed E-state index contributed by atoms with van der Waals surface area (Å²) in [7, 11) is -3.96. The van der Waals surface area contributed by atoms with Gasteiger partial charge in [-0.1, -0.05) is 0 Å². The zero-order valence-corrected chi connectivity index (χ0v) is 13.0. The molecule has 0 atom stereocenters. The van der Waals surface area contributed by atoms with Crippen LogP contribution in [0.25, 0.3) is 22.3 Å². The number of sulfonamides is 1. The highest BCUT2D eigenvalue weighted by atomic mass is 32.2. The van der Waals surface area contributed by atoms with Gasteiger partial charge in [0.15, 0.2) is 0 Å². The van der Waals surface area contributed by atoms with E-state index in [0.29, 0.717) is 6.07 Å². The number of hydrogen-bond acceptors (Lipinski definition) is 4. The molecule has 0 amide bonds. The zero-order valence-electron chi connectivity index (χ0n) is 12.1. The summed E-state index contributed by atoms with van der Waals surface area (Å²) in [6.45, 7) is 0. The molecule has 0 aliphatic rings. The molecule has 11 heteroatoms. The molecule has 0 saturated heterocycles. The van der Waals surface area contributed by atoms with Crippen LogP contribution in [-0.4, -0.2) is 24.7 Å². The number of nitrogens with two attached hydrogens (primary N) is 1. The second-order valence-electron chi connectivity index (χ2n) is 4.98. The van der Waals surface area contributed by atoms with E-state index in [1.54, 1.807) is 0 Å². The molecule has 3 rings (SSSR count). The molecule has 25 heavy (non-hydrogen) atoms. The van der Waals surface area contributed by atoms with Crippen LogP contribution in [-0.2, 0) is 10.0 Å². The number of pyridine rings is 1. The SMILES string of the molecule is NS(=O)(=O)c1c[nH]c2nc(-c3ccc(OC(F)(F)F)cc3F)ccc12. The third-order valence-corrected chi connectivity index (χ3v) is 4.21. The maximum absolute atomic E-state index is 14.1. The predicted molar refractivity (Wildman–Crippen MR) is 79.5 cm³/mol. The van der Waals surface area contributed by atoms with E-state index < -0.39 is 28.0 Å². The number of fused-ring (bicyclic) bond motifs is 1. The average molecular weight is 375 g/mol. The summed E-state index contributed by atoms with van der Waals surface area (Å²) in [6, 6.07) is 5.30. The topological polar surface area (TPSA) is 98.1 Å². The first-order valence-corrected chi connectivity index (χ1v) is 8.16. The van der Waals surface area contributed by atoms with Crippen LogP contribution in [0, 0.1) is 5.82 Å². The van der Waals surface area contributed by atoms with Crippen molar-refractivity contribution >= 4 is 21.1 Å². The number of nitrogens with one attached hydrogen (secondary N) is 1. The second-order valence-corrected chi connectivity index (χ2v) is 6.51. The van der Waals surface area contributed by atoms with Gasteiger partial charge in [0.05, 0.1) is 5.69 Å². The first-order valence-electron chi connectivity index (χ1n) is 6.61. The fourth-order valence-electron chi connectivity index (χ4n) is 2.27. The molecule has 0 bridgehead atoms. The summed E-state index contributed by atoms with van der Waals surface area (Å²) in [5, 5.41) is 5.28. The lowest BCUT2D eigenvalue weighted by Crippen LogP contribution is -2.17. The number of nitrogens with zero attached hydrogens (tertiary/aromatic N) is 1. The standard InChI is InChI=1S/C14H9F4N3O3S/c15-10-5-7(24-14(16,17)18)1-2-8(10)11-4-3-9-12(25(19,22)23)6-20-13(9)21-11/h1-6H,(H,20,21)(H2,19,22,23). The molecule has 2 heterocycles. The lowest BCUT2D eigenvalue weighted by molar-refractivity contribution is -0.274.